The molecule has 1 saturated carbocycles. The van der Waals surface area contributed by atoms with Crippen LogP contribution in [0.5, 0.6) is 0 Å². The Morgan fingerprint density at radius 1 is 1.37 bits per heavy atom. The Labute approximate surface area is 113 Å². The fourth-order valence-corrected chi connectivity index (χ4v) is 2.42. The molecule has 3 rings (SSSR count). The summed E-state index contributed by atoms with van der Waals surface area (Å²) in [5.74, 6) is 1.54. The van der Waals surface area contributed by atoms with Crippen molar-refractivity contribution in [3.63, 3.8) is 0 Å². The zero-order chi connectivity index (χ0) is 13.2. The number of nitrogens with two attached hydrogens (primary N) is 1. The lowest BCUT2D eigenvalue weighted by molar-refractivity contribution is 0.356. The number of rotatable bonds is 5. The maximum Gasteiger partial charge on any atom is 0.154 e. The summed E-state index contributed by atoms with van der Waals surface area (Å²) in [5, 5.41) is 4.16. The van der Waals surface area contributed by atoms with Crippen molar-refractivity contribution in [3.05, 3.63) is 41.7 Å². The molecule has 0 spiro atoms. The molecule has 19 heavy (non-hydrogen) atoms. The van der Waals surface area contributed by atoms with Crippen molar-refractivity contribution in [1.29, 1.82) is 0 Å². The Bertz CT molecular complexity index is 557. The van der Waals surface area contributed by atoms with Crippen LogP contribution in [-0.4, -0.2) is 5.16 Å². The Balaban J connectivity index is 1.83. The van der Waals surface area contributed by atoms with E-state index in [0.29, 0.717) is 0 Å². The standard InChI is InChI=1S/C16H20N2O/c1-2-4-14(17)16-10-15(18-19-16)13-6-3-5-12(9-13)11-7-8-11/h3,5-6,9-11,14H,2,4,7-8,17H2,1H3. The van der Waals surface area contributed by atoms with Crippen LogP contribution in [0.2, 0.25) is 0 Å². The summed E-state index contributed by atoms with van der Waals surface area (Å²) in [7, 11) is 0. The molecule has 1 aromatic carbocycles. The van der Waals surface area contributed by atoms with Crippen LogP contribution in [0, 0.1) is 0 Å². The largest absolute Gasteiger partial charge is 0.359 e. The first kappa shape index (κ1) is 12.4. The number of hydrogen-bond acceptors (Lipinski definition) is 3. The van der Waals surface area contributed by atoms with Crippen LogP contribution in [0.4, 0.5) is 0 Å². The number of aromatic nitrogens is 1. The zero-order valence-electron chi connectivity index (χ0n) is 11.3. The van der Waals surface area contributed by atoms with Crippen molar-refractivity contribution in [3.8, 4) is 11.3 Å². The van der Waals surface area contributed by atoms with E-state index in [1.165, 1.54) is 18.4 Å². The van der Waals surface area contributed by atoms with Crippen LogP contribution < -0.4 is 5.73 Å². The topological polar surface area (TPSA) is 52.0 Å². The summed E-state index contributed by atoms with van der Waals surface area (Å²) >= 11 is 0. The monoisotopic (exact) mass is 256 g/mol. The molecule has 1 atom stereocenters. The Morgan fingerprint density at radius 3 is 2.95 bits per heavy atom. The maximum absolute atomic E-state index is 6.05. The van der Waals surface area contributed by atoms with E-state index in [0.717, 1.165) is 35.8 Å². The number of nitrogens with zero attached hydrogens (tertiary/aromatic N) is 1. The van der Waals surface area contributed by atoms with Gasteiger partial charge < -0.3 is 10.3 Å². The van der Waals surface area contributed by atoms with Crippen LogP contribution in [-0.2, 0) is 0 Å². The zero-order valence-corrected chi connectivity index (χ0v) is 11.3. The first-order valence-electron chi connectivity index (χ1n) is 7.10. The molecule has 2 aromatic rings. The first-order valence-corrected chi connectivity index (χ1v) is 7.10. The van der Waals surface area contributed by atoms with Gasteiger partial charge in [-0.25, -0.2) is 0 Å². The quantitative estimate of drug-likeness (QED) is 0.879. The van der Waals surface area contributed by atoms with Gasteiger partial charge in [0.05, 0.1) is 6.04 Å². The van der Waals surface area contributed by atoms with Gasteiger partial charge in [-0.3, -0.25) is 0 Å². The van der Waals surface area contributed by atoms with Crippen LogP contribution >= 0.6 is 0 Å². The molecule has 2 N–H and O–H groups in total. The minimum atomic E-state index is -0.0436. The van der Waals surface area contributed by atoms with Gasteiger partial charge in [-0.05, 0) is 36.8 Å². The van der Waals surface area contributed by atoms with Gasteiger partial charge in [0.15, 0.2) is 5.76 Å². The van der Waals surface area contributed by atoms with Crippen molar-refractivity contribution < 1.29 is 4.52 Å². The molecule has 1 aliphatic rings. The molecular formula is C16H20N2O. The third-order valence-electron chi connectivity index (χ3n) is 3.72. The summed E-state index contributed by atoms with van der Waals surface area (Å²) in [6.45, 7) is 2.12. The average Bonchev–Trinajstić information content (AvgIpc) is 3.16. The highest BCUT2D eigenvalue weighted by molar-refractivity contribution is 5.60. The van der Waals surface area contributed by atoms with E-state index in [1.54, 1.807) is 0 Å². The molecule has 3 heteroatoms. The van der Waals surface area contributed by atoms with Gasteiger partial charge in [-0.2, -0.15) is 0 Å². The summed E-state index contributed by atoms with van der Waals surface area (Å²) in [6, 6.07) is 10.5. The first-order chi connectivity index (χ1) is 9.28. The van der Waals surface area contributed by atoms with Crippen molar-refractivity contribution >= 4 is 0 Å². The fourth-order valence-electron chi connectivity index (χ4n) is 2.42. The number of hydrogen-bond donors (Lipinski definition) is 1. The molecule has 0 amide bonds. The van der Waals surface area contributed by atoms with Crippen molar-refractivity contribution in [2.45, 2.75) is 44.6 Å². The molecule has 0 bridgehead atoms. The number of benzene rings is 1. The highest BCUT2D eigenvalue weighted by atomic mass is 16.5. The van der Waals surface area contributed by atoms with E-state index in [9.17, 15) is 0 Å². The molecule has 1 fully saturated rings. The molecule has 0 aliphatic heterocycles. The van der Waals surface area contributed by atoms with Gasteiger partial charge in [0, 0.05) is 11.6 Å². The molecule has 1 unspecified atom stereocenters. The second kappa shape index (κ2) is 5.17. The van der Waals surface area contributed by atoms with E-state index in [2.05, 4.69) is 36.3 Å². The van der Waals surface area contributed by atoms with Crippen molar-refractivity contribution in [1.82, 2.24) is 5.16 Å². The average molecular weight is 256 g/mol. The third kappa shape index (κ3) is 2.71. The van der Waals surface area contributed by atoms with Crippen LogP contribution in [0.15, 0.2) is 34.9 Å². The minimum Gasteiger partial charge on any atom is -0.359 e. The normalized spacial score (nSPS) is 16.5. The lowest BCUT2D eigenvalue weighted by atomic mass is 10.0. The Morgan fingerprint density at radius 2 is 2.21 bits per heavy atom. The Kier molecular flexibility index (Phi) is 3.38. The van der Waals surface area contributed by atoms with E-state index in [-0.39, 0.29) is 6.04 Å². The van der Waals surface area contributed by atoms with Crippen molar-refractivity contribution in [2.24, 2.45) is 5.73 Å². The smallest absolute Gasteiger partial charge is 0.154 e. The molecule has 0 radical (unpaired) electrons. The molecule has 1 aromatic heterocycles. The molecular weight excluding hydrogens is 236 g/mol. The van der Waals surface area contributed by atoms with Gasteiger partial charge >= 0.3 is 0 Å². The second-order valence-electron chi connectivity index (χ2n) is 5.41. The highest BCUT2D eigenvalue weighted by Gasteiger charge is 2.23. The molecule has 3 nitrogen and oxygen atoms in total. The Hall–Kier alpha value is -1.61. The maximum atomic E-state index is 6.05. The van der Waals surface area contributed by atoms with Gasteiger partial charge in [-0.1, -0.05) is 36.7 Å². The van der Waals surface area contributed by atoms with Crippen LogP contribution in [0.1, 0.15) is 55.9 Å². The van der Waals surface area contributed by atoms with Gasteiger partial charge in [0.25, 0.3) is 0 Å². The SMILES string of the molecule is CCCC(N)c1cc(-c2cccc(C3CC3)c2)no1. The van der Waals surface area contributed by atoms with Gasteiger partial charge in [0.2, 0.25) is 0 Å². The van der Waals surface area contributed by atoms with Gasteiger partial charge in [0.1, 0.15) is 5.69 Å². The third-order valence-corrected chi connectivity index (χ3v) is 3.72. The van der Waals surface area contributed by atoms with E-state index >= 15 is 0 Å². The summed E-state index contributed by atoms with van der Waals surface area (Å²) in [6.07, 6.45) is 4.61. The van der Waals surface area contributed by atoms with Crippen LogP contribution in [0.25, 0.3) is 11.3 Å². The molecule has 1 heterocycles. The summed E-state index contributed by atoms with van der Waals surface area (Å²) in [4.78, 5) is 0. The fraction of sp³-hybridized carbons (Fsp3) is 0.438. The van der Waals surface area contributed by atoms with E-state index < -0.39 is 0 Å². The predicted molar refractivity (Wildman–Crippen MR) is 75.8 cm³/mol. The minimum absolute atomic E-state index is 0.0436. The van der Waals surface area contributed by atoms with Crippen molar-refractivity contribution in [2.75, 3.05) is 0 Å². The summed E-state index contributed by atoms with van der Waals surface area (Å²) in [5.41, 5.74) is 9.49. The molecule has 100 valence electrons. The molecule has 1 aliphatic carbocycles. The summed E-state index contributed by atoms with van der Waals surface area (Å²) < 4.78 is 5.37. The predicted octanol–water partition coefficient (Wildman–Crippen LogP) is 4.02. The van der Waals surface area contributed by atoms with Crippen LogP contribution in [0.3, 0.4) is 0 Å². The lowest BCUT2D eigenvalue weighted by Gasteiger charge is -2.03. The van der Waals surface area contributed by atoms with Gasteiger partial charge in [-0.15, -0.1) is 0 Å². The second-order valence-corrected chi connectivity index (χ2v) is 5.41. The highest BCUT2D eigenvalue weighted by Crippen LogP contribution is 2.41. The van der Waals surface area contributed by atoms with E-state index in [1.807, 2.05) is 6.07 Å². The van der Waals surface area contributed by atoms with E-state index in [4.69, 9.17) is 10.3 Å². The molecule has 0 saturated heterocycles. The lowest BCUT2D eigenvalue weighted by Crippen LogP contribution is -2.08.